The predicted molar refractivity (Wildman–Crippen MR) is 377 cm³/mol. The monoisotopic (exact) mass is 1240 g/mol. The number of benzene rings is 7. The zero-order chi connectivity index (χ0) is 69.0. The highest BCUT2D eigenvalue weighted by molar-refractivity contribution is 5.84. The van der Waals surface area contributed by atoms with Gasteiger partial charge in [-0.05, 0) is 159 Å². The fourth-order valence-corrected chi connectivity index (χ4v) is 8.88. The maximum Gasteiger partial charge on any atom is 0.181 e. The van der Waals surface area contributed by atoms with Crippen LogP contribution in [0.25, 0.3) is 22.6 Å². The summed E-state index contributed by atoms with van der Waals surface area (Å²) >= 11 is 0. The van der Waals surface area contributed by atoms with E-state index in [1.165, 1.54) is 64.4 Å². The number of aliphatic imine (C=N–C) groups is 1. The Bertz CT molecular complexity index is 3640. The highest BCUT2D eigenvalue weighted by Crippen LogP contribution is 2.31. The van der Waals surface area contributed by atoms with Gasteiger partial charge in [-0.2, -0.15) is 0 Å². The van der Waals surface area contributed by atoms with Crippen molar-refractivity contribution in [3.8, 4) is 22.6 Å². The number of nitrogens with zero attached hydrogens (tertiary/aromatic N) is 2. The van der Waals surface area contributed by atoms with E-state index in [2.05, 4.69) is 171 Å². The van der Waals surface area contributed by atoms with Crippen LogP contribution in [0.2, 0.25) is 0 Å². The van der Waals surface area contributed by atoms with Gasteiger partial charge in [0.05, 0.1) is 19.0 Å². The van der Waals surface area contributed by atoms with Gasteiger partial charge in [0.25, 0.3) is 0 Å². The molecule has 91 heavy (non-hydrogen) atoms. The molecule has 490 valence electrons. The number of aryl methyl sites for hydroxylation is 4. The number of furan rings is 1. The zero-order valence-corrected chi connectivity index (χ0v) is 59.5. The molecule has 0 saturated carbocycles. The highest BCUT2D eigenvalue weighted by Gasteiger charge is 2.23. The normalized spacial score (nSPS) is 11.8. The van der Waals surface area contributed by atoms with E-state index in [0.29, 0.717) is 16.7 Å². The van der Waals surface area contributed by atoms with Gasteiger partial charge in [-0.25, -0.2) is 26.9 Å². The third-order valence-corrected chi connectivity index (χ3v) is 14.9. The van der Waals surface area contributed by atoms with Crippen LogP contribution >= 0.6 is 0 Å². The molecule has 0 aliphatic carbocycles. The average molecular weight is 1250 g/mol. The summed E-state index contributed by atoms with van der Waals surface area (Å²) in [6, 6.07) is 47.5. The number of oxazole rings is 1. The maximum atomic E-state index is 13.4. The second-order valence-electron chi connectivity index (χ2n) is 29.1. The van der Waals surface area contributed by atoms with Gasteiger partial charge < -0.3 is 8.83 Å². The quantitative estimate of drug-likeness (QED) is 0.162. The number of hydrogen-bond acceptors (Lipinski definition) is 4. The van der Waals surface area contributed by atoms with Gasteiger partial charge in [0.2, 0.25) is 0 Å². The molecular formula is C82H105F5N2O2. The van der Waals surface area contributed by atoms with Crippen LogP contribution in [0.5, 0.6) is 0 Å². The zero-order valence-electron chi connectivity index (χ0n) is 59.5. The minimum Gasteiger partial charge on any atom is -0.464 e. The van der Waals surface area contributed by atoms with E-state index >= 15 is 0 Å². The van der Waals surface area contributed by atoms with Gasteiger partial charge in [-0.15, -0.1) is 0 Å². The molecule has 0 radical (unpaired) electrons. The average Bonchev–Trinajstić information content (AvgIpc) is 1.88. The van der Waals surface area contributed by atoms with Crippen LogP contribution < -0.4 is 0 Å². The molecule has 0 atom stereocenters. The van der Waals surface area contributed by atoms with E-state index in [1.807, 2.05) is 120 Å². The second kappa shape index (κ2) is 33.6. The van der Waals surface area contributed by atoms with Crippen LogP contribution in [-0.4, -0.2) is 11.2 Å². The first-order chi connectivity index (χ1) is 42.1. The summed E-state index contributed by atoms with van der Waals surface area (Å²) in [4.78, 5) is 8.09. The fraction of sp³-hybridized carbons (Fsp3) is 0.390. The summed E-state index contributed by atoms with van der Waals surface area (Å²) in [6.45, 7) is 51.4. The van der Waals surface area contributed by atoms with Crippen LogP contribution in [0, 0.1) is 63.7 Å². The Labute approximate surface area is 544 Å². The third kappa shape index (κ3) is 25.2. The van der Waals surface area contributed by atoms with Crippen molar-refractivity contribution in [1.29, 1.82) is 0 Å². The lowest BCUT2D eigenvalue weighted by molar-refractivity contribution is 0.461. The maximum absolute atomic E-state index is 13.4. The van der Waals surface area contributed by atoms with Gasteiger partial charge in [-0.1, -0.05) is 259 Å². The second-order valence-corrected chi connectivity index (χ2v) is 29.1. The molecule has 3 heterocycles. The summed E-state index contributed by atoms with van der Waals surface area (Å²) in [7, 11) is 0. The standard InChI is InChI=1S/C14H16O.C13H15NO.2C11H14F2.C11H15F.C11H16.C9H9N.C2H6/c1-14(2,3)12-8-6-11(7-9-12)13-5-4-10-15-13;1-13(2,3)11-6-4-5-10(7-11)12-8-14-9-15-12;1-7-9(12)5-8(6-10(7)13)11(2,3)4;1-7-5-6-8(11(2,3)4)10(13)9(7)12;1-8-5-6-9(10(12)7-8)11(2,3)4;1-9-5-7-10(8-6-9)11(2,3)4;1-7-2-3-8-5-10-6-9(8)4-7;1-2/h4-10H,1-3H3;4-9H,1-3H3;2*5-6H,1-4H3;5-7H,1-4H3;5-8H,1-4H3;2-4,6H,5H2,1H3;1-2H3. The Morgan fingerprint density at radius 1 is 0.385 bits per heavy atom. The number of rotatable bonds is 2. The molecule has 9 heteroatoms. The lowest BCUT2D eigenvalue weighted by Gasteiger charge is -2.20. The van der Waals surface area contributed by atoms with Gasteiger partial charge in [0.15, 0.2) is 23.8 Å². The largest absolute Gasteiger partial charge is 0.464 e. The van der Waals surface area contributed by atoms with Crippen molar-refractivity contribution in [2.24, 2.45) is 4.99 Å². The lowest BCUT2D eigenvalue weighted by atomic mass is 9.86. The fourth-order valence-electron chi connectivity index (χ4n) is 8.88. The minimum absolute atomic E-state index is 0.0907. The number of halogens is 5. The molecule has 4 nitrogen and oxygen atoms in total. The molecule has 0 fully saturated rings. The molecule has 1 aliphatic rings. The summed E-state index contributed by atoms with van der Waals surface area (Å²) in [5.41, 5.74) is 14.9. The van der Waals surface area contributed by atoms with Crippen LogP contribution in [0.4, 0.5) is 22.0 Å². The molecule has 10 rings (SSSR count). The van der Waals surface area contributed by atoms with Crippen molar-refractivity contribution < 1.29 is 30.8 Å². The van der Waals surface area contributed by atoms with E-state index in [0.717, 1.165) is 40.3 Å². The Hall–Kier alpha value is -7.65. The van der Waals surface area contributed by atoms with Crippen molar-refractivity contribution >= 4 is 6.21 Å². The Morgan fingerprint density at radius 3 is 1.35 bits per heavy atom. The summed E-state index contributed by atoms with van der Waals surface area (Å²) in [6.07, 6.45) is 6.84. The summed E-state index contributed by atoms with van der Waals surface area (Å²) in [5, 5.41) is 0. The summed E-state index contributed by atoms with van der Waals surface area (Å²) in [5.74, 6) is -0.728. The van der Waals surface area contributed by atoms with Crippen LogP contribution in [0.1, 0.15) is 211 Å². The van der Waals surface area contributed by atoms with Crippen molar-refractivity contribution in [1.82, 2.24) is 4.98 Å². The first-order valence-corrected chi connectivity index (χ1v) is 31.6. The molecular weight excluding hydrogens is 1140 g/mol. The molecule has 0 N–H and O–H groups in total. The molecule has 9 aromatic rings. The predicted octanol–water partition coefficient (Wildman–Crippen LogP) is 24.7. The van der Waals surface area contributed by atoms with Crippen molar-refractivity contribution in [3.63, 3.8) is 0 Å². The third-order valence-electron chi connectivity index (χ3n) is 14.9. The van der Waals surface area contributed by atoms with Crippen molar-refractivity contribution in [2.75, 3.05) is 0 Å². The highest BCUT2D eigenvalue weighted by atomic mass is 19.2. The molecule has 0 bridgehead atoms. The number of fused-ring (bicyclic) bond motifs is 1. The van der Waals surface area contributed by atoms with Crippen LogP contribution in [0.15, 0.2) is 178 Å². The SMILES string of the molecule is CC.CC(C)(C)c1ccc(-c2ccco2)cc1.CC(C)(C)c1cccc(-c2cnco2)c1.Cc1c(F)cc(C(C)(C)C)cc1F.Cc1ccc(C(C)(C)C)c(F)c1.Cc1ccc(C(C)(C)C)c(F)c1F.Cc1ccc(C(C)(C)C)cc1.Cc1ccc2c(c1)C=NC2. The first-order valence-electron chi connectivity index (χ1n) is 31.6. The minimum atomic E-state index is -0.729. The Balaban J connectivity index is 0.000000277. The van der Waals surface area contributed by atoms with E-state index in [-0.39, 0.29) is 43.9 Å². The Kier molecular flexibility index (Phi) is 28.7. The van der Waals surface area contributed by atoms with Gasteiger partial charge in [-0.3, -0.25) is 4.99 Å². The molecule has 7 aromatic carbocycles. The molecule has 0 unspecified atom stereocenters. The molecule has 0 spiro atoms. The van der Waals surface area contributed by atoms with Gasteiger partial charge >= 0.3 is 0 Å². The molecule has 0 saturated heterocycles. The van der Waals surface area contributed by atoms with Crippen LogP contribution in [-0.2, 0) is 39.0 Å². The Morgan fingerprint density at radius 2 is 0.879 bits per heavy atom. The van der Waals surface area contributed by atoms with Crippen molar-refractivity contribution in [2.45, 2.75) is 212 Å². The van der Waals surface area contributed by atoms with Gasteiger partial charge in [0.1, 0.15) is 23.2 Å². The number of aromatic nitrogens is 1. The molecule has 2 aromatic heterocycles. The molecule has 0 amide bonds. The smallest absolute Gasteiger partial charge is 0.181 e. The van der Waals surface area contributed by atoms with E-state index in [4.69, 9.17) is 8.83 Å². The van der Waals surface area contributed by atoms with Crippen LogP contribution in [0.3, 0.4) is 0 Å². The van der Waals surface area contributed by atoms with Crippen molar-refractivity contribution in [3.05, 3.63) is 266 Å². The van der Waals surface area contributed by atoms with E-state index in [9.17, 15) is 22.0 Å². The summed E-state index contributed by atoms with van der Waals surface area (Å²) < 4.78 is 76.8. The number of hydrogen-bond donors (Lipinski definition) is 0. The molecule has 1 aliphatic heterocycles. The first kappa shape index (κ1) is 77.6. The van der Waals surface area contributed by atoms with Gasteiger partial charge in [0, 0.05) is 22.9 Å². The van der Waals surface area contributed by atoms with E-state index in [1.54, 1.807) is 37.6 Å². The van der Waals surface area contributed by atoms with E-state index < -0.39 is 23.3 Å². The lowest BCUT2D eigenvalue weighted by Crippen LogP contribution is -2.14. The topological polar surface area (TPSA) is 51.5 Å².